The number of hydrogen-bond donors (Lipinski definition) is 1. The third-order valence-electron chi connectivity index (χ3n) is 8.20. The molecule has 2 aliphatic heterocycles. The van der Waals surface area contributed by atoms with Crippen LogP contribution in [0.15, 0.2) is 41.3 Å². The second-order valence-corrected chi connectivity index (χ2v) is 12.7. The van der Waals surface area contributed by atoms with Crippen LogP contribution in [-0.4, -0.2) is 68.7 Å². The molecule has 0 amide bonds. The summed E-state index contributed by atoms with van der Waals surface area (Å²) in [7, 11) is -2.14. The van der Waals surface area contributed by atoms with Crippen LogP contribution >= 0.6 is 0 Å². The van der Waals surface area contributed by atoms with E-state index < -0.39 is 32.5 Å². The molecule has 2 bridgehead atoms. The van der Waals surface area contributed by atoms with Gasteiger partial charge in [0.1, 0.15) is 16.5 Å². The normalized spacial score (nSPS) is 24.8. The molecule has 38 heavy (non-hydrogen) atoms. The Balaban J connectivity index is 1.30. The summed E-state index contributed by atoms with van der Waals surface area (Å²) in [6, 6.07) is 10.5. The Bertz CT molecular complexity index is 1370. The quantitative estimate of drug-likeness (QED) is 0.550. The van der Waals surface area contributed by atoms with Crippen LogP contribution in [0.2, 0.25) is 0 Å². The summed E-state index contributed by atoms with van der Waals surface area (Å²) in [6.45, 7) is 1.65. The summed E-state index contributed by atoms with van der Waals surface area (Å²) in [5.74, 6) is -1.70. The van der Waals surface area contributed by atoms with Crippen LogP contribution in [0.5, 0.6) is 0 Å². The molecule has 2 aromatic rings. The maximum Gasteiger partial charge on any atom is 0.246 e. The fraction of sp³-hybridized carbons (Fsp3) is 0.500. The van der Waals surface area contributed by atoms with E-state index >= 15 is 4.39 Å². The lowest BCUT2D eigenvalue weighted by Gasteiger charge is -2.31. The molecule has 4 atom stereocenters. The van der Waals surface area contributed by atoms with Gasteiger partial charge in [-0.3, -0.25) is 4.79 Å². The highest BCUT2D eigenvalue weighted by Crippen LogP contribution is 2.36. The van der Waals surface area contributed by atoms with Crippen LogP contribution in [0.4, 0.5) is 8.78 Å². The molecule has 0 spiro atoms. The standard InChI is InChI=1S/C28H32F2N4O3S/c1-33-8-10-34(11-9-33)38(36,37)27-16-20(5-7-24(27)29)19-2-3-21(25(30)15-19)12-18(17-31)13-26(35)28-22-4-6-23(14-22)32-28/h2-3,5,7,15-16,18,22-23,28,32H,4,6,8-14H2,1H3/t18-,22+,23-,28+/m1/s1. The lowest BCUT2D eigenvalue weighted by atomic mass is 9.88. The molecule has 7 nitrogen and oxygen atoms in total. The molecule has 202 valence electrons. The third-order valence-corrected chi connectivity index (χ3v) is 10.1. The maximum atomic E-state index is 15.1. The number of nitrogens with zero attached hydrogens (tertiary/aromatic N) is 3. The fourth-order valence-electron chi connectivity index (χ4n) is 5.96. The summed E-state index contributed by atoms with van der Waals surface area (Å²) >= 11 is 0. The molecule has 2 saturated heterocycles. The van der Waals surface area contributed by atoms with Crippen LogP contribution < -0.4 is 5.32 Å². The van der Waals surface area contributed by atoms with E-state index in [1.807, 2.05) is 11.9 Å². The number of nitriles is 1. The van der Waals surface area contributed by atoms with Crippen LogP contribution in [0.25, 0.3) is 11.1 Å². The number of nitrogens with one attached hydrogen (secondary N) is 1. The Kier molecular flexibility index (Phi) is 7.65. The third kappa shape index (κ3) is 5.38. The van der Waals surface area contributed by atoms with Gasteiger partial charge in [-0.2, -0.15) is 9.57 Å². The average Bonchev–Trinajstić information content (AvgIpc) is 3.54. The zero-order valence-electron chi connectivity index (χ0n) is 21.4. The molecule has 1 N–H and O–H groups in total. The van der Waals surface area contributed by atoms with Crippen LogP contribution in [0.1, 0.15) is 31.2 Å². The van der Waals surface area contributed by atoms with Crippen LogP contribution in [0, 0.1) is 34.8 Å². The van der Waals surface area contributed by atoms with Crippen molar-refractivity contribution in [3.05, 3.63) is 53.6 Å². The number of piperazine rings is 1. The summed E-state index contributed by atoms with van der Waals surface area (Å²) < 4.78 is 57.3. The van der Waals surface area contributed by atoms with Crippen molar-refractivity contribution >= 4 is 15.8 Å². The van der Waals surface area contributed by atoms with Gasteiger partial charge in [0.15, 0.2) is 5.78 Å². The Morgan fingerprint density at radius 1 is 1.08 bits per heavy atom. The summed E-state index contributed by atoms with van der Waals surface area (Å²) in [5, 5.41) is 13.0. The Labute approximate surface area is 222 Å². The van der Waals surface area contributed by atoms with E-state index in [4.69, 9.17) is 0 Å². The van der Waals surface area contributed by atoms with Gasteiger partial charge in [0.25, 0.3) is 0 Å². The molecule has 5 rings (SSSR count). The molecule has 3 fully saturated rings. The highest BCUT2D eigenvalue weighted by molar-refractivity contribution is 7.89. The van der Waals surface area contributed by atoms with Gasteiger partial charge in [0.2, 0.25) is 10.0 Å². The fourth-order valence-corrected chi connectivity index (χ4v) is 7.47. The highest BCUT2D eigenvalue weighted by atomic mass is 32.2. The Morgan fingerprint density at radius 3 is 2.42 bits per heavy atom. The molecule has 0 unspecified atom stereocenters. The van der Waals surface area contributed by atoms with E-state index in [1.165, 1.54) is 22.5 Å². The SMILES string of the molecule is CN1CCN(S(=O)(=O)c2cc(-c3ccc(C[C@@H](C#N)CC(=O)[C@H]4N[C@@H]5CC[C@H]4C5)c(F)c3)ccc2F)CC1. The minimum Gasteiger partial charge on any atom is -0.304 e. The largest absolute Gasteiger partial charge is 0.304 e. The van der Waals surface area contributed by atoms with Crippen molar-refractivity contribution in [2.45, 2.75) is 49.1 Å². The second-order valence-electron chi connectivity index (χ2n) is 10.8. The zero-order valence-corrected chi connectivity index (χ0v) is 22.2. The molecule has 0 aromatic heterocycles. The number of likely N-dealkylation sites (N-methyl/N-ethyl adjacent to an activating group) is 1. The molecule has 10 heteroatoms. The van der Waals surface area contributed by atoms with Gasteiger partial charge in [-0.1, -0.05) is 18.2 Å². The molecule has 0 radical (unpaired) electrons. The van der Waals surface area contributed by atoms with Crippen molar-refractivity contribution in [1.82, 2.24) is 14.5 Å². The Morgan fingerprint density at radius 2 is 1.79 bits per heavy atom. The minimum atomic E-state index is -4.04. The van der Waals surface area contributed by atoms with Crippen LogP contribution in [-0.2, 0) is 21.2 Å². The highest BCUT2D eigenvalue weighted by Gasteiger charge is 2.42. The molecule has 1 aliphatic carbocycles. The van der Waals surface area contributed by atoms with Crippen molar-refractivity contribution in [1.29, 1.82) is 5.26 Å². The molecular weight excluding hydrogens is 510 g/mol. The summed E-state index contributed by atoms with van der Waals surface area (Å²) in [6.07, 6.45) is 3.30. The van der Waals surface area contributed by atoms with Gasteiger partial charge in [-0.15, -0.1) is 0 Å². The van der Waals surface area contributed by atoms with Gasteiger partial charge in [-0.05, 0) is 73.5 Å². The van der Waals surface area contributed by atoms with E-state index in [9.17, 15) is 22.9 Å². The number of carbonyl (C=O) groups excluding carboxylic acids is 1. The first kappa shape index (κ1) is 26.9. The van der Waals surface area contributed by atoms with Gasteiger partial charge < -0.3 is 10.2 Å². The Hall–Kier alpha value is -2.71. The van der Waals surface area contributed by atoms with Crippen molar-refractivity contribution in [3.8, 4) is 17.2 Å². The predicted octanol–water partition coefficient (Wildman–Crippen LogP) is 3.35. The topological polar surface area (TPSA) is 93.5 Å². The molecule has 3 aliphatic rings. The van der Waals surface area contributed by atoms with E-state index in [1.54, 1.807) is 12.1 Å². The molecule has 2 aromatic carbocycles. The second kappa shape index (κ2) is 10.8. The number of hydrogen-bond acceptors (Lipinski definition) is 6. The number of Topliss-reactive ketones (excluding diaryl/α,β-unsaturated/α-hetero) is 1. The van der Waals surface area contributed by atoms with E-state index in [0.717, 1.165) is 25.3 Å². The number of piperidine rings is 1. The molecule has 2 heterocycles. The molecular formula is C28H32F2N4O3S. The lowest BCUT2D eigenvalue weighted by molar-refractivity contribution is -0.122. The van der Waals surface area contributed by atoms with E-state index in [2.05, 4.69) is 11.4 Å². The van der Waals surface area contributed by atoms with Crippen LogP contribution in [0.3, 0.4) is 0 Å². The number of sulfonamides is 1. The number of carbonyl (C=O) groups is 1. The number of halogens is 2. The zero-order chi connectivity index (χ0) is 27.0. The minimum absolute atomic E-state index is 0.0150. The first-order valence-electron chi connectivity index (χ1n) is 13.1. The number of rotatable bonds is 8. The first-order chi connectivity index (χ1) is 18.2. The summed E-state index contributed by atoms with van der Waals surface area (Å²) in [4.78, 5) is 14.4. The summed E-state index contributed by atoms with van der Waals surface area (Å²) in [5.41, 5.74) is 1.08. The van der Waals surface area contributed by atoms with Crippen molar-refractivity contribution in [2.24, 2.45) is 11.8 Å². The lowest BCUT2D eigenvalue weighted by Crippen LogP contribution is -2.47. The monoisotopic (exact) mass is 542 g/mol. The maximum absolute atomic E-state index is 15.1. The van der Waals surface area contributed by atoms with Gasteiger partial charge in [0.05, 0.1) is 18.0 Å². The number of fused-ring (bicyclic) bond motifs is 2. The smallest absolute Gasteiger partial charge is 0.246 e. The van der Waals surface area contributed by atoms with Gasteiger partial charge >= 0.3 is 0 Å². The van der Waals surface area contributed by atoms with Gasteiger partial charge in [-0.25, -0.2) is 17.2 Å². The number of ketones is 1. The van der Waals surface area contributed by atoms with E-state index in [-0.39, 0.29) is 37.8 Å². The van der Waals surface area contributed by atoms with Crippen molar-refractivity contribution < 1.29 is 22.0 Å². The van der Waals surface area contributed by atoms with E-state index in [0.29, 0.717) is 41.7 Å². The average molecular weight is 543 g/mol. The number of benzene rings is 2. The molecule has 1 saturated carbocycles. The van der Waals surface area contributed by atoms with Gasteiger partial charge in [0, 0.05) is 38.6 Å². The predicted molar refractivity (Wildman–Crippen MR) is 139 cm³/mol. The first-order valence-corrected chi connectivity index (χ1v) is 14.5. The van der Waals surface area contributed by atoms with Crippen molar-refractivity contribution in [3.63, 3.8) is 0 Å². The van der Waals surface area contributed by atoms with Crippen molar-refractivity contribution in [2.75, 3.05) is 33.2 Å².